The minimum absolute atomic E-state index is 0.302. The molecule has 0 unspecified atom stereocenters. The van der Waals surface area contributed by atoms with Gasteiger partial charge in [-0.05, 0) is 12.2 Å². The summed E-state index contributed by atoms with van der Waals surface area (Å²) in [6.07, 6.45) is 9.20. The van der Waals surface area contributed by atoms with Crippen LogP contribution in [0.4, 0.5) is 0 Å². The third-order valence-corrected chi connectivity index (χ3v) is 2.62. The van der Waals surface area contributed by atoms with E-state index in [1.54, 1.807) is 16.5 Å². The minimum atomic E-state index is -0.901. The zero-order chi connectivity index (χ0) is 9.26. The Morgan fingerprint density at radius 1 is 1.38 bits per heavy atom. The average molecular weight is 193 g/mol. The lowest BCUT2D eigenvalue weighted by Gasteiger charge is -2.14. The van der Waals surface area contributed by atoms with E-state index in [4.69, 9.17) is 5.11 Å². The Morgan fingerprint density at radius 3 is 3.00 bits per heavy atom. The molecule has 1 N–H and O–H groups in total. The molecular formula is C9H7NO2S. The highest BCUT2D eigenvalue weighted by atomic mass is 32.2. The first-order valence-corrected chi connectivity index (χ1v) is 4.61. The maximum atomic E-state index is 10.8. The first-order valence-electron chi connectivity index (χ1n) is 3.73. The molecule has 0 aliphatic carbocycles. The fourth-order valence-electron chi connectivity index (χ4n) is 1.11. The van der Waals surface area contributed by atoms with E-state index in [9.17, 15) is 4.79 Å². The maximum Gasteiger partial charge on any atom is 0.353 e. The van der Waals surface area contributed by atoms with Crippen LogP contribution in [0.25, 0.3) is 0 Å². The van der Waals surface area contributed by atoms with Crippen molar-refractivity contribution in [2.75, 3.05) is 0 Å². The van der Waals surface area contributed by atoms with E-state index in [1.165, 1.54) is 11.8 Å². The van der Waals surface area contributed by atoms with Gasteiger partial charge in [-0.25, -0.2) is 4.79 Å². The van der Waals surface area contributed by atoms with E-state index >= 15 is 0 Å². The number of aliphatic carboxylic acids is 1. The molecule has 13 heavy (non-hydrogen) atoms. The average Bonchev–Trinajstić information content (AvgIpc) is 2.36. The van der Waals surface area contributed by atoms with Crippen LogP contribution in [-0.4, -0.2) is 16.0 Å². The van der Waals surface area contributed by atoms with E-state index in [2.05, 4.69) is 0 Å². The van der Waals surface area contributed by atoms with Crippen molar-refractivity contribution >= 4 is 17.7 Å². The molecule has 2 rings (SSSR count). The predicted octanol–water partition coefficient (Wildman–Crippen LogP) is 1.89. The van der Waals surface area contributed by atoms with Gasteiger partial charge in [0, 0.05) is 11.6 Å². The molecule has 0 aromatic heterocycles. The summed E-state index contributed by atoms with van der Waals surface area (Å²) in [5.74, 6) is -0.901. The van der Waals surface area contributed by atoms with Gasteiger partial charge in [0.1, 0.15) is 5.70 Å². The highest BCUT2D eigenvalue weighted by Gasteiger charge is 2.24. The Hall–Kier alpha value is -1.42. The molecule has 0 saturated carbocycles. The van der Waals surface area contributed by atoms with Crippen LogP contribution < -0.4 is 0 Å². The molecule has 2 heterocycles. The summed E-state index contributed by atoms with van der Waals surface area (Å²) in [4.78, 5) is 12.4. The summed E-state index contributed by atoms with van der Waals surface area (Å²) in [6.45, 7) is 0. The number of hydrogen-bond acceptors (Lipinski definition) is 3. The highest BCUT2D eigenvalue weighted by molar-refractivity contribution is 8.06. The summed E-state index contributed by atoms with van der Waals surface area (Å²) in [6, 6.07) is 0. The lowest BCUT2D eigenvalue weighted by atomic mass is 10.4. The van der Waals surface area contributed by atoms with E-state index in [-0.39, 0.29) is 0 Å². The molecule has 0 fully saturated rings. The van der Waals surface area contributed by atoms with Crippen LogP contribution in [-0.2, 0) is 4.79 Å². The first kappa shape index (κ1) is 8.19. The zero-order valence-electron chi connectivity index (χ0n) is 6.68. The second-order valence-corrected chi connectivity index (χ2v) is 3.42. The van der Waals surface area contributed by atoms with E-state index in [0.717, 1.165) is 5.03 Å². The van der Waals surface area contributed by atoms with Gasteiger partial charge in [-0.2, -0.15) is 0 Å². The molecule has 0 radical (unpaired) electrons. The van der Waals surface area contributed by atoms with Gasteiger partial charge in [-0.1, -0.05) is 23.9 Å². The molecule has 4 heteroatoms. The van der Waals surface area contributed by atoms with Gasteiger partial charge in [0.05, 0.1) is 5.03 Å². The third-order valence-electron chi connectivity index (χ3n) is 1.70. The summed E-state index contributed by atoms with van der Waals surface area (Å²) in [7, 11) is 0. The highest BCUT2D eigenvalue weighted by Crippen LogP contribution is 2.35. The lowest BCUT2D eigenvalue weighted by molar-refractivity contribution is -0.133. The molecule has 0 atom stereocenters. The number of carboxylic acids is 1. The minimum Gasteiger partial charge on any atom is -0.477 e. The van der Waals surface area contributed by atoms with Gasteiger partial charge in [-0.15, -0.1) is 0 Å². The molecule has 2 aliphatic heterocycles. The van der Waals surface area contributed by atoms with Crippen molar-refractivity contribution in [3.05, 3.63) is 46.6 Å². The van der Waals surface area contributed by atoms with Crippen LogP contribution in [0.15, 0.2) is 46.6 Å². The van der Waals surface area contributed by atoms with E-state index in [0.29, 0.717) is 5.70 Å². The van der Waals surface area contributed by atoms with E-state index in [1.807, 2.05) is 24.3 Å². The molecule has 0 spiro atoms. The number of carbonyl (C=O) groups is 1. The third kappa shape index (κ3) is 1.40. The number of allylic oxidation sites excluding steroid dienone is 4. The van der Waals surface area contributed by atoms with Gasteiger partial charge < -0.3 is 10.0 Å². The van der Waals surface area contributed by atoms with Crippen molar-refractivity contribution < 1.29 is 9.90 Å². The Kier molecular flexibility index (Phi) is 1.98. The Balaban J connectivity index is 2.35. The fourth-order valence-corrected chi connectivity index (χ4v) is 1.99. The van der Waals surface area contributed by atoms with E-state index < -0.39 is 5.97 Å². The van der Waals surface area contributed by atoms with Crippen molar-refractivity contribution in [3.8, 4) is 0 Å². The molecule has 2 aliphatic rings. The van der Waals surface area contributed by atoms with Crippen LogP contribution in [0.3, 0.4) is 0 Å². The molecule has 3 nitrogen and oxygen atoms in total. The first-order chi connectivity index (χ1) is 6.29. The number of thioether (sulfide) groups is 1. The van der Waals surface area contributed by atoms with Gasteiger partial charge in [-0.3, -0.25) is 0 Å². The predicted molar refractivity (Wildman–Crippen MR) is 51.5 cm³/mol. The quantitative estimate of drug-likeness (QED) is 0.690. The number of rotatable bonds is 1. The second-order valence-electron chi connectivity index (χ2n) is 2.53. The van der Waals surface area contributed by atoms with Crippen molar-refractivity contribution in [2.45, 2.75) is 0 Å². The largest absolute Gasteiger partial charge is 0.477 e. The number of carboxylic acid groups (broad SMARTS) is 1. The van der Waals surface area contributed by atoms with Crippen molar-refractivity contribution in [1.82, 2.24) is 4.90 Å². The van der Waals surface area contributed by atoms with Crippen LogP contribution in [0.1, 0.15) is 0 Å². The van der Waals surface area contributed by atoms with Crippen LogP contribution in [0.5, 0.6) is 0 Å². The van der Waals surface area contributed by atoms with Gasteiger partial charge in [0.15, 0.2) is 0 Å². The summed E-state index contributed by atoms with van der Waals surface area (Å²) in [5, 5.41) is 11.4. The smallest absolute Gasteiger partial charge is 0.353 e. The Bertz CT molecular complexity index is 366. The van der Waals surface area contributed by atoms with Crippen LogP contribution >= 0.6 is 11.8 Å². The van der Waals surface area contributed by atoms with Gasteiger partial charge >= 0.3 is 5.97 Å². The van der Waals surface area contributed by atoms with Gasteiger partial charge in [0.25, 0.3) is 0 Å². The molecule has 0 bridgehead atoms. The normalized spacial score (nSPS) is 19.2. The second kappa shape index (κ2) is 3.14. The molecule has 0 aromatic carbocycles. The molecule has 66 valence electrons. The van der Waals surface area contributed by atoms with Gasteiger partial charge in [0.2, 0.25) is 0 Å². The number of fused-ring (bicyclic) bond motifs is 1. The van der Waals surface area contributed by atoms with Crippen molar-refractivity contribution in [3.63, 3.8) is 0 Å². The summed E-state index contributed by atoms with van der Waals surface area (Å²) < 4.78 is 0. The number of nitrogens with zero attached hydrogens (tertiary/aromatic N) is 1. The lowest BCUT2D eigenvalue weighted by Crippen LogP contribution is -2.16. The van der Waals surface area contributed by atoms with Crippen molar-refractivity contribution in [1.29, 1.82) is 0 Å². The molecular weight excluding hydrogens is 186 g/mol. The number of hydrogen-bond donors (Lipinski definition) is 1. The summed E-state index contributed by atoms with van der Waals surface area (Å²) >= 11 is 1.42. The fraction of sp³-hybridized carbons (Fsp3) is 0. The maximum absolute atomic E-state index is 10.8. The van der Waals surface area contributed by atoms with Crippen LogP contribution in [0.2, 0.25) is 0 Å². The topological polar surface area (TPSA) is 40.5 Å². The van der Waals surface area contributed by atoms with Crippen molar-refractivity contribution in [2.24, 2.45) is 0 Å². The Labute approximate surface area is 79.7 Å². The van der Waals surface area contributed by atoms with Crippen LogP contribution in [0, 0.1) is 0 Å². The zero-order valence-corrected chi connectivity index (χ0v) is 7.49. The standard InChI is InChI=1S/C9H7NO2S/c11-9(12)7-6-13-8-4-2-1-3-5-10(7)8/h1-6H,(H,11,12). The SMILES string of the molecule is O=C(O)C1=CSC2=CC=CC=CN21. The summed E-state index contributed by atoms with van der Waals surface area (Å²) in [5.41, 5.74) is 0.302. The monoisotopic (exact) mass is 193 g/mol. The molecule has 0 saturated heterocycles. The Morgan fingerprint density at radius 2 is 2.23 bits per heavy atom. The molecule has 0 aromatic rings. The molecule has 0 amide bonds.